The average molecular weight is 464 g/mol. The largest absolute Gasteiger partial charge is 0.495 e. The number of nitro groups is 1. The van der Waals surface area contributed by atoms with Gasteiger partial charge in [-0.15, -0.1) is 0 Å². The molecule has 11 nitrogen and oxygen atoms in total. The van der Waals surface area contributed by atoms with E-state index in [1.165, 1.54) is 19.2 Å². The molecule has 174 valence electrons. The van der Waals surface area contributed by atoms with Crippen molar-refractivity contribution in [2.75, 3.05) is 26.2 Å². The molecular formula is C23H20N4O7. The van der Waals surface area contributed by atoms with Crippen molar-refractivity contribution in [3.8, 4) is 11.8 Å². The summed E-state index contributed by atoms with van der Waals surface area (Å²) in [6.45, 7) is 0. The predicted octanol–water partition coefficient (Wildman–Crippen LogP) is 2.50. The highest BCUT2D eigenvalue weighted by Crippen LogP contribution is 2.45. The van der Waals surface area contributed by atoms with E-state index < -0.39 is 22.8 Å². The zero-order valence-corrected chi connectivity index (χ0v) is 18.5. The van der Waals surface area contributed by atoms with Gasteiger partial charge in [0.05, 0.1) is 55.1 Å². The Morgan fingerprint density at radius 3 is 2.26 bits per heavy atom. The van der Waals surface area contributed by atoms with E-state index in [0.29, 0.717) is 5.56 Å². The van der Waals surface area contributed by atoms with E-state index in [1.807, 2.05) is 6.07 Å². The van der Waals surface area contributed by atoms with Crippen LogP contribution in [0.15, 0.2) is 71.2 Å². The number of rotatable bonds is 6. The normalized spacial score (nSPS) is 15.5. The zero-order chi connectivity index (χ0) is 25.0. The molecule has 2 aromatic carbocycles. The van der Waals surface area contributed by atoms with Gasteiger partial charge in [-0.25, -0.2) is 9.59 Å². The Balaban J connectivity index is 2.48. The van der Waals surface area contributed by atoms with Crippen molar-refractivity contribution in [3.63, 3.8) is 0 Å². The van der Waals surface area contributed by atoms with Gasteiger partial charge in [0.15, 0.2) is 0 Å². The summed E-state index contributed by atoms with van der Waals surface area (Å²) in [6, 6.07) is 14.1. The van der Waals surface area contributed by atoms with Gasteiger partial charge in [-0.3, -0.25) is 15.0 Å². The summed E-state index contributed by atoms with van der Waals surface area (Å²) in [6.07, 6.45) is 0. The number of esters is 2. The number of carbonyl (C=O) groups excluding carboxylic acids is 2. The molecule has 1 atom stereocenters. The Morgan fingerprint density at radius 2 is 1.74 bits per heavy atom. The van der Waals surface area contributed by atoms with Crippen LogP contribution in [0.4, 0.5) is 11.4 Å². The molecule has 34 heavy (non-hydrogen) atoms. The minimum Gasteiger partial charge on any atom is -0.495 e. The van der Waals surface area contributed by atoms with Crippen molar-refractivity contribution in [1.29, 1.82) is 5.26 Å². The fourth-order valence-corrected chi connectivity index (χ4v) is 3.73. The maximum Gasteiger partial charge on any atom is 0.355 e. The van der Waals surface area contributed by atoms with Crippen LogP contribution in [0.2, 0.25) is 0 Å². The van der Waals surface area contributed by atoms with Crippen LogP contribution in [0.5, 0.6) is 5.75 Å². The highest BCUT2D eigenvalue weighted by molar-refractivity contribution is 6.06. The van der Waals surface area contributed by atoms with Crippen molar-refractivity contribution in [1.82, 2.24) is 0 Å². The first kappa shape index (κ1) is 23.8. The minimum absolute atomic E-state index is 0.0461. The lowest BCUT2D eigenvalue weighted by Crippen LogP contribution is -2.41. The summed E-state index contributed by atoms with van der Waals surface area (Å²) in [5.41, 5.74) is 5.84. The maximum atomic E-state index is 13.1. The third kappa shape index (κ3) is 4.00. The number of hydrogen-bond acceptors (Lipinski definition) is 10. The Bertz CT molecular complexity index is 1260. The number of hydrogen-bond donors (Lipinski definition) is 1. The van der Waals surface area contributed by atoms with Crippen LogP contribution < -0.4 is 15.4 Å². The lowest BCUT2D eigenvalue weighted by atomic mass is 9.81. The van der Waals surface area contributed by atoms with E-state index >= 15 is 0 Å². The van der Waals surface area contributed by atoms with Gasteiger partial charge in [-0.05, 0) is 11.6 Å². The Hall–Kier alpha value is -4.85. The lowest BCUT2D eigenvalue weighted by Gasteiger charge is -2.36. The van der Waals surface area contributed by atoms with Gasteiger partial charge >= 0.3 is 11.9 Å². The van der Waals surface area contributed by atoms with Crippen molar-refractivity contribution in [2.24, 2.45) is 5.73 Å². The molecular weight excluding hydrogens is 444 g/mol. The van der Waals surface area contributed by atoms with Crippen LogP contribution >= 0.6 is 0 Å². The Kier molecular flexibility index (Phi) is 6.82. The molecule has 1 unspecified atom stereocenters. The second-order valence-electron chi connectivity index (χ2n) is 6.95. The molecule has 0 fully saturated rings. The van der Waals surface area contributed by atoms with E-state index in [2.05, 4.69) is 0 Å². The van der Waals surface area contributed by atoms with Crippen molar-refractivity contribution >= 4 is 23.3 Å². The standard InChI is InChI=1S/C23H20N4O7/c1-32-17-10-9-14(27(30)31)11-16(17)26-20(23(29)34-3)19(22(28)33-2)18(15(12-24)21(26)25)13-7-5-4-6-8-13/h4-11,18H,25H2,1-3H3. The average Bonchev–Trinajstić information content (AvgIpc) is 2.86. The third-order valence-electron chi connectivity index (χ3n) is 5.22. The van der Waals surface area contributed by atoms with Gasteiger partial charge in [-0.1, -0.05) is 30.3 Å². The highest BCUT2D eigenvalue weighted by Gasteiger charge is 2.43. The van der Waals surface area contributed by atoms with Gasteiger partial charge in [0, 0.05) is 12.1 Å². The zero-order valence-electron chi connectivity index (χ0n) is 18.5. The number of nitrogens with zero attached hydrogens (tertiary/aromatic N) is 3. The van der Waals surface area contributed by atoms with E-state index in [9.17, 15) is 25.0 Å². The summed E-state index contributed by atoms with van der Waals surface area (Å²) < 4.78 is 15.2. The molecule has 0 aliphatic carbocycles. The number of anilines is 1. The van der Waals surface area contributed by atoms with Gasteiger partial charge in [-0.2, -0.15) is 5.26 Å². The SMILES string of the molecule is COC(=O)C1=C(C(=O)OC)N(c2cc([N+](=O)[O-])ccc2OC)C(N)=C(C#N)C1c1ccccc1. The first-order valence-corrected chi connectivity index (χ1v) is 9.78. The van der Waals surface area contributed by atoms with Crippen LogP contribution in [0, 0.1) is 21.4 Å². The summed E-state index contributed by atoms with van der Waals surface area (Å²) >= 11 is 0. The Morgan fingerprint density at radius 1 is 1.09 bits per heavy atom. The van der Waals surface area contributed by atoms with Gasteiger partial charge in [0.25, 0.3) is 5.69 Å². The molecule has 2 aromatic rings. The van der Waals surface area contributed by atoms with Crippen LogP contribution in [0.25, 0.3) is 0 Å². The van der Waals surface area contributed by atoms with E-state index in [-0.39, 0.29) is 39.8 Å². The van der Waals surface area contributed by atoms with Crippen LogP contribution in [-0.4, -0.2) is 38.2 Å². The first-order chi connectivity index (χ1) is 16.3. The molecule has 1 heterocycles. The third-order valence-corrected chi connectivity index (χ3v) is 5.22. The summed E-state index contributed by atoms with van der Waals surface area (Å²) in [4.78, 5) is 37.9. The number of methoxy groups -OCH3 is 3. The summed E-state index contributed by atoms with van der Waals surface area (Å²) in [7, 11) is 3.54. The monoisotopic (exact) mass is 464 g/mol. The van der Waals surface area contributed by atoms with E-state index in [1.54, 1.807) is 30.3 Å². The fourth-order valence-electron chi connectivity index (χ4n) is 3.73. The number of nitrogens with two attached hydrogens (primary N) is 1. The number of benzene rings is 2. The van der Waals surface area contributed by atoms with Crippen LogP contribution in [-0.2, 0) is 19.1 Å². The quantitative estimate of drug-likeness (QED) is 0.382. The second kappa shape index (κ2) is 9.74. The molecule has 0 spiro atoms. The molecule has 3 rings (SSSR count). The van der Waals surface area contributed by atoms with Gasteiger partial charge in [0.1, 0.15) is 17.3 Å². The molecule has 11 heteroatoms. The van der Waals surface area contributed by atoms with Crippen molar-refractivity contribution < 1.29 is 28.7 Å². The van der Waals surface area contributed by atoms with Crippen molar-refractivity contribution in [3.05, 3.63) is 86.9 Å². The number of ether oxygens (including phenoxy) is 3. The second-order valence-corrected chi connectivity index (χ2v) is 6.95. The smallest absolute Gasteiger partial charge is 0.355 e. The molecule has 0 amide bonds. The molecule has 0 aromatic heterocycles. The van der Waals surface area contributed by atoms with E-state index in [0.717, 1.165) is 25.2 Å². The minimum atomic E-state index is -1.06. The lowest BCUT2D eigenvalue weighted by molar-refractivity contribution is -0.384. The number of allylic oxidation sites excluding steroid dienone is 1. The number of carbonyl (C=O) groups is 2. The van der Waals surface area contributed by atoms with E-state index in [4.69, 9.17) is 19.9 Å². The molecule has 1 aliphatic heterocycles. The van der Waals surface area contributed by atoms with Crippen molar-refractivity contribution in [2.45, 2.75) is 5.92 Å². The number of non-ortho nitro benzene ring substituents is 1. The maximum absolute atomic E-state index is 13.1. The predicted molar refractivity (Wildman–Crippen MR) is 119 cm³/mol. The topological polar surface area (TPSA) is 158 Å². The number of nitro benzene ring substituents is 1. The van der Waals surface area contributed by atoms with Crippen LogP contribution in [0.3, 0.4) is 0 Å². The van der Waals surface area contributed by atoms with Gasteiger partial charge in [0.2, 0.25) is 0 Å². The Labute approximate surface area is 194 Å². The highest BCUT2D eigenvalue weighted by atomic mass is 16.6. The number of nitriles is 1. The molecule has 1 aliphatic rings. The molecule has 0 bridgehead atoms. The molecule has 2 N–H and O–H groups in total. The summed E-state index contributed by atoms with van der Waals surface area (Å²) in [5.74, 6) is -3.09. The summed E-state index contributed by atoms with van der Waals surface area (Å²) in [5, 5.41) is 21.5. The fraction of sp³-hybridized carbons (Fsp3) is 0.174. The first-order valence-electron chi connectivity index (χ1n) is 9.78. The molecule has 0 saturated carbocycles. The molecule has 0 radical (unpaired) electrons. The van der Waals surface area contributed by atoms with Gasteiger partial charge < -0.3 is 19.9 Å². The van der Waals surface area contributed by atoms with Crippen LogP contribution in [0.1, 0.15) is 11.5 Å². The molecule has 0 saturated heterocycles.